The summed E-state index contributed by atoms with van der Waals surface area (Å²) in [5.41, 5.74) is -0.251. The lowest BCUT2D eigenvalue weighted by Gasteiger charge is -2.24. The number of nitrogens with zero attached hydrogens (tertiary/aromatic N) is 2. The molecule has 0 radical (unpaired) electrons. The van der Waals surface area contributed by atoms with Crippen LogP contribution in [0.15, 0.2) is 23.1 Å². The van der Waals surface area contributed by atoms with E-state index in [1.165, 1.54) is 35.7 Å². The number of aromatic nitrogens is 1. The minimum Gasteiger partial charge on any atom is -0.370 e. The van der Waals surface area contributed by atoms with E-state index < -0.39 is 4.92 Å². The molecule has 0 aromatic carbocycles. The Morgan fingerprint density at radius 3 is 2.80 bits per heavy atom. The number of pyridine rings is 1. The predicted molar refractivity (Wildman–Crippen MR) is 72.7 cm³/mol. The molecule has 1 saturated carbocycles. The summed E-state index contributed by atoms with van der Waals surface area (Å²) in [4.78, 5) is 22.1. The number of nitro groups is 1. The van der Waals surface area contributed by atoms with Gasteiger partial charge in [-0.3, -0.25) is 14.9 Å². The molecule has 1 spiro atoms. The maximum Gasteiger partial charge on any atom is 0.285 e. The van der Waals surface area contributed by atoms with Gasteiger partial charge in [0.1, 0.15) is 0 Å². The smallest absolute Gasteiger partial charge is 0.285 e. The largest absolute Gasteiger partial charge is 0.370 e. The van der Waals surface area contributed by atoms with Crippen LogP contribution in [0, 0.1) is 10.1 Å². The summed E-state index contributed by atoms with van der Waals surface area (Å²) >= 11 is 0. The molecule has 1 unspecified atom stereocenters. The summed E-state index contributed by atoms with van der Waals surface area (Å²) in [7, 11) is 0. The minimum atomic E-state index is -0.482. The number of ether oxygens (including phenoxy) is 1. The Hall–Kier alpha value is -1.69. The fraction of sp³-hybridized carbons (Fsp3) is 0.643. The molecule has 1 aromatic rings. The third-order valence-corrected chi connectivity index (χ3v) is 4.43. The third-order valence-electron chi connectivity index (χ3n) is 4.43. The van der Waals surface area contributed by atoms with Crippen molar-refractivity contribution >= 4 is 5.69 Å². The summed E-state index contributed by atoms with van der Waals surface area (Å²) in [5.74, 6) is 0. The van der Waals surface area contributed by atoms with Crippen molar-refractivity contribution in [3.63, 3.8) is 0 Å². The highest BCUT2D eigenvalue weighted by molar-refractivity contribution is 5.24. The maximum absolute atomic E-state index is 11.8. The Bertz CT molecular complexity index is 575. The summed E-state index contributed by atoms with van der Waals surface area (Å²) in [6.45, 7) is 0.405. The normalized spacial score (nSPS) is 24.3. The number of hydrogen-bond donors (Lipinski definition) is 0. The summed E-state index contributed by atoms with van der Waals surface area (Å²) in [5, 5.41) is 10.8. The first-order valence-corrected chi connectivity index (χ1v) is 7.11. The van der Waals surface area contributed by atoms with E-state index in [1.54, 1.807) is 0 Å². The van der Waals surface area contributed by atoms with Crippen LogP contribution in [0.1, 0.15) is 38.5 Å². The molecular weight excluding hydrogens is 260 g/mol. The third kappa shape index (κ3) is 2.47. The predicted octanol–water partition coefficient (Wildman–Crippen LogP) is 2.25. The van der Waals surface area contributed by atoms with E-state index in [-0.39, 0.29) is 23.0 Å². The average molecular weight is 278 g/mol. The highest BCUT2D eigenvalue weighted by Gasteiger charge is 2.42. The lowest BCUT2D eigenvalue weighted by molar-refractivity contribution is -0.385. The molecule has 1 saturated heterocycles. The van der Waals surface area contributed by atoms with Gasteiger partial charge in [-0.2, -0.15) is 0 Å². The van der Waals surface area contributed by atoms with Crippen molar-refractivity contribution in [3.05, 3.63) is 38.8 Å². The van der Waals surface area contributed by atoms with Gasteiger partial charge >= 0.3 is 0 Å². The van der Waals surface area contributed by atoms with Crippen molar-refractivity contribution in [2.45, 2.75) is 56.8 Å². The van der Waals surface area contributed by atoms with Crippen LogP contribution in [-0.4, -0.2) is 21.2 Å². The van der Waals surface area contributed by atoms with Crippen LogP contribution in [-0.2, 0) is 11.3 Å². The zero-order chi connectivity index (χ0) is 14.2. The Morgan fingerprint density at radius 1 is 1.35 bits per heavy atom. The molecule has 20 heavy (non-hydrogen) atoms. The first-order valence-electron chi connectivity index (χ1n) is 7.11. The maximum atomic E-state index is 11.8. The van der Waals surface area contributed by atoms with Crippen LogP contribution in [0.2, 0.25) is 0 Å². The second-order valence-corrected chi connectivity index (χ2v) is 5.80. The van der Waals surface area contributed by atoms with Gasteiger partial charge in [0.25, 0.3) is 11.2 Å². The highest BCUT2D eigenvalue weighted by Crippen LogP contribution is 2.43. The molecule has 1 atom stereocenters. The number of hydrogen-bond acceptors (Lipinski definition) is 4. The first kappa shape index (κ1) is 13.3. The monoisotopic (exact) mass is 278 g/mol. The van der Waals surface area contributed by atoms with Crippen LogP contribution in [0.25, 0.3) is 0 Å². The molecule has 0 bridgehead atoms. The zero-order valence-electron chi connectivity index (χ0n) is 11.3. The molecular formula is C14H18N2O4. The van der Waals surface area contributed by atoms with Gasteiger partial charge in [-0.1, -0.05) is 12.8 Å². The minimum absolute atomic E-state index is 0.00666. The van der Waals surface area contributed by atoms with Gasteiger partial charge in [0.2, 0.25) is 0 Å². The molecule has 6 heteroatoms. The van der Waals surface area contributed by atoms with E-state index in [2.05, 4.69) is 0 Å². The molecule has 1 aliphatic heterocycles. The van der Waals surface area contributed by atoms with Gasteiger partial charge in [0.15, 0.2) is 0 Å². The molecule has 1 aliphatic carbocycles. The molecule has 2 fully saturated rings. The average Bonchev–Trinajstić information content (AvgIpc) is 3.03. The topological polar surface area (TPSA) is 74.4 Å². The van der Waals surface area contributed by atoms with Gasteiger partial charge in [0, 0.05) is 12.1 Å². The zero-order valence-corrected chi connectivity index (χ0v) is 11.3. The summed E-state index contributed by atoms with van der Waals surface area (Å²) in [6.07, 6.45) is 7.91. The fourth-order valence-electron chi connectivity index (χ4n) is 3.40. The lowest BCUT2D eigenvalue weighted by atomic mass is 9.98. The van der Waals surface area contributed by atoms with Crippen LogP contribution in [0.5, 0.6) is 0 Å². The molecule has 108 valence electrons. The van der Waals surface area contributed by atoms with Crippen molar-refractivity contribution in [2.24, 2.45) is 0 Å². The van der Waals surface area contributed by atoms with Gasteiger partial charge < -0.3 is 9.30 Å². The van der Waals surface area contributed by atoms with Crippen molar-refractivity contribution in [3.8, 4) is 0 Å². The highest BCUT2D eigenvalue weighted by atomic mass is 16.6. The van der Waals surface area contributed by atoms with Gasteiger partial charge in [-0.05, 0) is 25.7 Å². The Balaban J connectivity index is 1.74. The van der Waals surface area contributed by atoms with E-state index in [0.29, 0.717) is 6.54 Å². The Morgan fingerprint density at radius 2 is 2.10 bits per heavy atom. The van der Waals surface area contributed by atoms with E-state index in [0.717, 1.165) is 25.7 Å². The second-order valence-electron chi connectivity index (χ2n) is 5.80. The SMILES string of the molecule is O=c1ccc([N+](=O)[O-])cn1CC1CCC2(CCCC2)O1. The van der Waals surface area contributed by atoms with E-state index in [1.807, 2.05) is 0 Å². The first-order chi connectivity index (χ1) is 9.58. The molecule has 3 rings (SSSR count). The fourth-order valence-corrected chi connectivity index (χ4v) is 3.40. The standard InChI is InChI=1S/C14H18N2O4/c17-13-4-3-11(16(18)19)9-15(13)10-12-5-8-14(20-12)6-1-2-7-14/h3-4,9,12H,1-2,5-8,10H2. The molecule has 2 aliphatic rings. The van der Waals surface area contributed by atoms with E-state index in [9.17, 15) is 14.9 Å². The van der Waals surface area contributed by atoms with Gasteiger partial charge in [0.05, 0.1) is 29.4 Å². The quantitative estimate of drug-likeness (QED) is 0.627. The second kappa shape index (κ2) is 5.01. The number of rotatable bonds is 3. The molecule has 0 amide bonds. The summed E-state index contributed by atoms with van der Waals surface area (Å²) in [6, 6.07) is 2.49. The molecule has 6 nitrogen and oxygen atoms in total. The van der Waals surface area contributed by atoms with Crippen molar-refractivity contribution < 1.29 is 9.66 Å². The van der Waals surface area contributed by atoms with Crippen LogP contribution in [0.4, 0.5) is 5.69 Å². The van der Waals surface area contributed by atoms with Crippen molar-refractivity contribution in [1.29, 1.82) is 0 Å². The molecule has 2 heterocycles. The Kier molecular flexibility index (Phi) is 3.33. The van der Waals surface area contributed by atoms with Crippen molar-refractivity contribution in [1.82, 2.24) is 4.57 Å². The van der Waals surface area contributed by atoms with Gasteiger partial charge in [-0.25, -0.2) is 0 Å². The molecule has 0 N–H and O–H groups in total. The lowest BCUT2D eigenvalue weighted by Crippen LogP contribution is -2.29. The van der Waals surface area contributed by atoms with E-state index >= 15 is 0 Å². The van der Waals surface area contributed by atoms with Crippen molar-refractivity contribution in [2.75, 3.05) is 0 Å². The van der Waals surface area contributed by atoms with E-state index in [4.69, 9.17) is 4.74 Å². The van der Waals surface area contributed by atoms with Crippen LogP contribution < -0.4 is 5.56 Å². The Labute approximate surface area is 116 Å². The molecule has 1 aromatic heterocycles. The van der Waals surface area contributed by atoms with Gasteiger partial charge in [-0.15, -0.1) is 0 Å². The van der Waals surface area contributed by atoms with Crippen LogP contribution >= 0.6 is 0 Å². The summed E-state index contributed by atoms with van der Waals surface area (Å²) < 4.78 is 7.54. The van der Waals surface area contributed by atoms with Crippen LogP contribution in [0.3, 0.4) is 0 Å².